The second kappa shape index (κ2) is 5.73. The third kappa shape index (κ3) is 2.92. The van der Waals surface area contributed by atoms with Gasteiger partial charge >= 0.3 is 0 Å². The third-order valence-electron chi connectivity index (χ3n) is 3.93. The van der Waals surface area contributed by atoms with Gasteiger partial charge in [0.15, 0.2) is 0 Å². The molecule has 20 heavy (non-hydrogen) atoms. The Hall–Kier alpha value is -0.470. The van der Waals surface area contributed by atoms with Crippen LogP contribution in [-0.4, -0.2) is 61.6 Å². The van der Waals surface area contributed by atoms with Crippen LogP contribution in [0.3, 0.4) is 0 Å². The smallest absolute Gasteiger partial charge is 0.252 e. The van der Waals surface area contributed by atoms with Gasteiger partial charge in [0.1, 0.15) is 4.21 Å². The highest BCUT2D eigenvalue weighted by Gasteiger charge is 2.35. The molecule has 2 fully saturated rings. The molecule has 1 N–H and O–H groups in total. The number of nitrogens with zero attached hydrogens (tertiary/aromatic N) is 2. The first-order valence-corrected chi connectivity index (χ1v) is 9.30. The van der Waals surface area contributed by atoms with Gasteiger partial charge in [0.2, 0.25) is 0 Å². The fraction of sp³-hybridized carbons (Fsp3) is 0.692. The van der Waals surface area contributed by atoms with E-state index in [2.05, 4.69) is 4.90 Å². The molecule has 1 saturated carbocycles. The van der Waals surface area contributed by atoms with Crippen LogP contribution in [0.2, 0.25) is 0 Å². The molecule has 2 aliphatic rings. The monoisotopic (exact) mass is 316 g/mol. The van der Waals surface area contributed by atoms with Crippen molar-refractivity contribution in [2.24, 2.45) is 0 Å². The summed E-state index contributed by atoms with van der Waals surface area (Å²) in [6, 6.07) is 4.17. The van der Waals surface area contributed by atoms with Gasteiger partial charge in [-0.05, 0) is 25.0 Å². The van der Waals surface area contributed by atoms with Crippen molar-refractivity contribution < 1.29 is 13.5 Å². The number of hydrogen-bond acceptors (Lipinski definition) is 5. The van der Waals surface area contributed by atoms with Crippen molar-refractivity contribution in [1.82, 2.24) is 9.21 Å². The number of sulfonamides is 1. The summed E-state index contributed by atoms with van der Waals surface area (Å²) < 4.78 is 27.1. The van der Waals surface area contributed by atoms with E-state index in [1.807, 2.05) is 0 Å². The minimum atomic E-state index is -3.34. The van der Waals surface area contributed by atoms with Gasteiger partial charge in [-0.1, -0.05) is 0 Å². The number of hydrogen-bond donors (Lipinski definition) is 1. The second-order valence-electron chi connectivity index (χ2n) is 5.37. The second-order valence-corrected chi connectivity index (χ2v) is 8.70. The first-order chi connectivity index (χ1) is 9.61. The van der Waals surface area contributed by atoms with E-state index in [0.717, 1.165) is 18.0 Å². The van der Waals surface area contributed by atoms with Crippen molar-refractivity contribution in [3.63, 3.8) is 0 Å². The van der Waals surface area contributed by atoms with E-state index in [0.29, 0.717) is 29.8 Å². The van der Waals surface area contributed by atoms with Crippen LogP contribution in [0.5, 0.6) is 0 Å². The maximum absolute atomic E-state index is 12.6. The van der Waals surface area contributed by atoms with Crippen LogP contribution in [0.1, 0.15) is 17.7 Å². The lowest BCUT2D eigenvalue weighted by Crippen LogP contribution is -2.49. The summed E-state index contributed by atoms with van der Waals surface area (Å²) in [4.78, 5) is 3.32. The highest BCUT2D eigenvalue weighted by atomic mass is 32.2. The van der Waals surface area contributed by atoms with Gasteiger partial charge in [0.05, 0.1) is 0 Å². The molecule has 1 aliphatic carbocycles. The van der Waals surface area contributed by atoms with Crippen LogP contribution >= 0.6 is 11.3 Å². The van der Waals surface area contributed by atoms with E-state index in [1.54, 1.807) is 16.4 Å². The highest BCUT2D eigenvalue weighted by Crippen LogP contribution is 2.30. The first-order valence-electron chi connectivity index (χ1n) is 7.05. The van der Waals surface area contributed by atoms with Gasteiger partial charge in [-0.2, -0.15) is 4.31 Å². The van der Waals surface area contributed by atoms with Crippen LogP contribution in [-0.2, 0) is 16.4 Å². The molecule has 0 aromatic carbocycles. The molecule has 7 heteroatoms. The number of aliphatic hydroxyl groups is 1. The van der Waals surface area contributed by atoms with Gasteiger partial charge in [-0.15, -0.1) is 11.3 Å². The van der Waals surface area contributed by atoms with E-state index < -0.39 is 10.0 Å². The van der Waals surface area contributed by atoms with Gasteiger partial charge < -0.3 is 5.11 Å². The van der Waals surface area contributed by atoms with Crippen LogP contribution in [0, 0.1) is 0 Å². The summed E-state index contributed by atoms with van der Waals surface area (Å²) in [6.07, 6.45) is 3.06. The molecule has 0 radical (unpaired) electrons. The molecule has 0 atom stereocenters. The molecule has 1 aromatic heterocycles. The molecule has 1 aromatic rings. The summed E-state index contributed by atoms with van der Waals surface area (Å²) in [5.74, 6) is 0. The van der Waals surface area contributed by atoms with Crippen LogP contribution in [0.25, 0.3) is 0 Å². The van der Waals surface area contributed by atoms with E-state index in [4.69, 9.17) is 5.11 Å². The minimum absolute atomic E-state index is 0.0556. The number of aliphatic hydroxyl groups excluding tert-OH is 1. The normalized spacial score (nSPS) is 22.2. The van der Waals surface area contributed by atoms with Crippen LogP contribution < -0.4 is 0 Å². The molecular weight excluding hydrogens is 296 g/mol. The third-order valence-corrected chi connectivity index (χ3v) is 7.44. The summed E-state index contributed by atoms with van der Waals surface area (Å²) in [7, 11) is -3.34. The Bertz CT molecular complexity index is 558. The Labute approximate surface area is 123 Å². The molecule has 0 unspecified atom stereocenters. The molecule has 0 spiro atoms. The molecule has 1 saturated heterocycles. The molecule has 2 heterocycles. The number of rotatable bonds is 5. The molecule has 5 nitrogen and oxygen atoms in total. The van der Waals surface area contributed by atoms with E-state index in [1.165, 1.54) is 24.2 Å². The molecule has 3 rings (SSSR count). The zero-order valence-corrected chi connectivity index (χ0v) is 13.0. The maximum Gasteiger partial charge on any atom is 0.252 e. The van der Waals surface area contributed by atoms with Gasteiger partial charge in [0.25, 0.3) is 10.0 Å². The topological polar surface area (TPSA) is 60.9 Å². The Kier molecular flexibility index (Phi) is 4.14. The predicted molar refractivity (Wildman–Crippen MR) is 78.5 cm³/mol. The Morgan fingerprint density at radius 3 is 2.50 bits per heavy atom. The highest BCUT2D eigenvalue weighted by molar-refractivity contribution is 7.91. The standard InChI is InChI=1S/C13H20N2O3S2/c16-10-5-12-3-4-13(19-12)20(17,18)15-8-6-14(7-9-15)11-1-2-11/h3-4,11,16H,1-2,5-10H2. The summed E-state index contributed by atoms with van der Waals surface area (Å²) in [5.41, 5.74) is 0. The summed E-state index contributed by atoms with van der Waals surface area (Å²) >= 11 is 1.27. The lowest BCUT2D eigenvalue weighted by molar-refractivity contribution is 0.181. The average Bonchev–Trinajstić information content (AvgIpc) is 3.19. The molecule has 0 bridgehead atoms. The Balaban J connectivity index is 1.67. The Morgan fingerprint density at radius 1 is 1.20 bits per heavy atom. The Morgan fingerprint density at radius 2 is 1.90 bits per heavy atom. The maximum atomic E-state index is 12.6. The first kappa shape index (κ1) is 14.5. The number of thiophene rings is 1. The van der Waals surface area contributed by atoms with Crippen molar-refractivity contribution in [3.05, 3.63) is 17.0 Å². The largest absolute Gasteiger partial charge is 0.396 e. The van der Waals surface area contributed by atoms with Crippen molar-refractivity contribution >= 4 is 21.4 Å². The summed E-state index contributed by atoms with van der Waals surface area (Å²) in [6.45, 7) is 2.93. The quantitative estimate of drug-likeness (QED) is 0.871. The zero-order valence-electron chi connectivity index (χ0n) is 11.4. The van der Waals surface area contributed by atoms with E-state index in [9.17, 15) is 8.42 Å². The van der Waals surface area contributed by atoms with Crippen molar-refractivity contribution in [2.75, 3.05) is 32.8 Å². The fourth-order valence-corrected chi connectivity index (χ4v) is 5.54. The summed E-state index contributed by atoms with van der Waals surface area (Å²) in [5, 5.41) is 8.91. The number of piperazine rings is 1. The van der Waals surface area contributed by atoms with E-state index in [-0.39, 0.29) is 6.61 Å². The lowest BCUT2D eigenvalue weighted by atomic mass is 10.3. The zero-order chi connectivity index (χ0) is 14.2. The van der Waals surface area contributed by atoms with Crippen molar-refractivity contribution in [1.29, 1.82) is 0 Å². The van der Waals surface area contributed by atoms with Crippen LogP contribution in [0.15, 0.2) is 16.3 Å². The predicted octanol–water partition coefficient (Wildman–Crippen LogP) is 0.752. The van der Waals surface area contributed by atoms with Gasteiger partial charge in [-0.25, -0.2) is 8.42 Å². The molecular formula is C13H20N2O3S2. The molecule has 1 aliphatic heterocycles. The molecule has 112 valence electrons. The van der Waals surface area contributed by atoms with Crippen molar-refractivity contribution in [3.8, 4) is 0 Å². The lowest BCUT2D eigenvalue weighted by Gasteiger charge is -2.33. The molecule has 0 amide bonds. The SMILES string of the molecule is O=S(=O)(c1ccc(CCO)s1)N1CCN(C2CC2)CC1. The fourth-order valence-electron chi connectivity index (χ4n) is 2.62. The van der Waals surface area contributed by atoms with Gasteiger partial charge in [0, 0.05) is 50.1 Å². The minimum Gasteiger partial charge on any atom is -0.396 e. The van der Waals surface area contributed by atoms with E-state index >= 15 is 0 Å². The average molecular weight is 316 g/mol. The van der Waals surface area contributed by atoms with Crippen LogP contribution in [0.4, 0.5) is 0 Å². The van der Waals surface area contributed by atoms with Crippen molar-refractivity contribution in [2.45, 2.75) is 29.5 Å². The van der Waals surface area contributed by atoms with Gasteiger partial charge in [-0.3, -0.25) is 4.90 Å².